The molecular formula is C21H24N2O5. The zero-order chi connectivity index (χ0) is 20.3. The molecule has 0 unspecified atom stereocenters. The first-order valence-electron chi connectivity index (χ1n) is 9.03. The van der Waals surface area contributed by atoms with Crippen molar-refractivity contribution in [1.29, 1.82) is 5.41 Å². The Balaban J connectivity index is 2.07. The van der Waals surface area contributed by atoms with Crippen molar-refractivity contribution in [3.05, 3.63) is 46.9 Å². The van der Waals surface area contributed by atoms with Gasteiger partial charge in [-0.15, -0.1) is 0 Å². The zero-order valence-electron chi connectivity index (χ0n) is 16.2. The van der Waals surface area contributed by atoms with Crippen molar-refractivity contribution in [3.8, 4) is 17.2 Å². The monoisotopic (exact) mass is 384 g/mol. The van der Waals surface area contributed by atoms with Crippen LogP contribution in [0.4, 0.5) is 0 Å². The van der Waals surface area contributed by atoms with Crippen LogP contribution >= 0.6 is 0 Å². The third kappa shape index (κ3) is 3.69. The van der Waals surface area contributed by atoms with Crippen LogP contribution in [0.2, 0.25) is 0 Å². The molecular weight excluding hydrogens is 360 g/mol. The van der Waals surface area contributed by atoms with Crippen LogP contribution in [0.5, 0.6) is 17.2 Å². The number of fused-ring (bicyclic) bond motifs is 1. The first-order chi connectivity index (χ1) is 13.5. The average Bonchev–Trinajstić information content (AvgIpc) is 2.99. The van der Waals surface area contributed by atoms with Crippen LogP contribution in [0.15, 0.2) is 34.9 Å². The maximum Gasteiger partial charge on any atom is 0.172 e. The molecule has 1 heterocycles. The number of phenolic OH excluding ortho intramolecular Hbond substituents is 1. The number of unbranched alkanes of at least 4 members (excludes halogenated alkanes) is 1. The van der Waals surface area contributed by atoms with E-state index in [0.717, 1.165) is 24.8 Å². The molecule has 0 atom stereocenters. The van der Waals surface area contributed by atoms with Crippen molar-refractivity contribution in [1.82, 2.24) is 4.74 Å². The van der Waals surface area contributed by atoms with Gasteiger partial charge in [0.1, 0.15) is 11.5 Å². The van der Waals surface area contributed by atoms with E-state index >= 15 is 0 Å². The standard InChI is InChI=1S/C21H24N2O5/c1-4-5-6-13-9-14(24)7-8-15(13)17(25)12-23-21(22)16-10-19(26-2)20(27-3)11-18(16)28-23/h7-12,22,24-25H,4-6H2,1-3H3. The van der Waals surface area contributed by atoms with Crippen molar-refractivity contribution < 1.29 is 24.2 Å². The molecule has 0 saturated heterocycles. The number of nitrogens with one attached hydrogen (secondary N) is 1. The summed E-state index contributed by atoms with van der Waals surface area (Å²) in [6, 6.07) is 8.13. The second kappa shape index (κ2) is 8.12. The number of ether oxygens (including phenoxy) is 2. The maximum absolute atomic E-state index is 10.7. The third-order valence-corrected chi connectivity index (χ3v) is 4.56. The Morgan fingerprint density at radius 3 is 2.57 bits per heavy atom. The maximum atomic E-state index is 10.7. The van der Waals surface area contributed by atoms with E-state index in [4.69, 9.17) is 19.4 Å². The highest BCUT2D eigenvalue weighted by Gasteiger charge is 2.14. The summed E-state index contributed by atoms with van der Waals surface area (Å²) in [6.07, 6.45) is 4.01. The number of nitrogens with zero attached hydrogens (tertiary/aromatic N) is 1. The number of aryl methyl sites for hydroxylation is 1. The lowest BCUT2D eigenvalue weighted by atomic mass is 10.0. The van der Waals surface area contributed by atoms with E-state index in [0.29, 0.717) is 28.0 Å². The molecule has 1 aromatic heterocycles. The van der Waals surface area contributed by atoms with Crippen LogP contribution < -0.4 is 15.0 Å². The average molecular weight is 384 g/mol. The molecule has 7 heteroatoms. The SMILES string of the molecule is CCCCc1cc(O)ccc1C(O)=Cn1oc2cc(OC)c(OC)cc2c1=N. The molecule has 3 rings (SSSR count). The minimum atomic E-state index is -0.0532. The number of aliphatic hydroxyl groups excluding tert-OH is 1. The van der Waals surface area contributed by atoms with Gasteiger partial charge in [-0.1, -0.05) is 13.3 Å². The topological polar surface area (TPSA) is 101 Å². The normalized spacial score (nSPS) is 11.8. The second-order valence-corrected chi connectivity index (χ2v) is 6.43. The number of hydrogen-bond acceptors (Lipinski definition) is 6. The van der Waals surface area contributed by atoms with E-state index in [1.807, 2.05) is 0 Å². The van der Waals surface area contributed by atoms with Crippen molar-refractivity contribution in [3.63, 3.8) is 0 Å². The van der Waals surface area contributed by atoms with Gasteiger partial charge in [0.25, 0.3) is 0 Å². The van der Waals surface area contributed by atoms with E-state index < -0.39 is 0 Å². The van der Waals surface area contributed by atoms with Crippen LogP contribution in [0, 0.1) is 5.41 Å². The molecule has 3 aromatic rings. The molecule has 28 heavy (non-hydrogen) atoms. The van der Waals surface area contributed by atoms with Crippen LogP contribution in [0.3, 0.4) is 0 Å². The first kappa shape index (κ1) is 19.4. The van der Waals surface area contributed by atoms with Gasteiger partial charge in [-0.3, -0.25) is 5.41 Å². The molecule has 0 aliphatic rings. The van der Waals surface area contributed by atoms with Gasteiger partial charge in [-0.25, -0.2) is 0 Å². The highest BCUT2D eigenvalue weighted by molar-refractivity contribution is 5.81. The van der Waals surface area contributed by atoms with Crippen LogP contribution in [-0.2, 0) is 6.42 Å². The van der Waals surface area contributed by atoms with E-state index in [9.17, 15) is 10.2 Å². The quantitative estimate of drug-likeness (QED) is 0.528. The summed E-state index contributed by atoms with van der Waals surface area (Å²) in [6.45, 7) is 2.08. The van der Waals surface area contributed by atoms with E-state index in [2.05, 4.69) is 6.92 Å². The second-order valence-electron chi connectivity index (χ2n) is 6.43. The van der Waals surface area contributed by atoms with Crippen LogP contribution in [-0.4, -0.2) is 29.2 Å². The summed E-state index contributed by atoms with van der Waals surface area (Å²) in [5, 5.41) is 29.3. The predicted octanol–water partition coefficient (Wildman–Crippen LogP) is 4.29. The van der Waals surface area contributed by atoms with Crippen molar-refractivity contribution >= 4 is 22.9 Å². The number of aromatic hydroxyl groups is 1. The molecule has 2 aromatic carbocycles. The largest absolute Gasteiger partial charge is 0.508 e. The van der Waals surface area contributed by atoms with Gasteiger partial charge >= 0.3 is 0 Å². The molecule has 0 saturated carbocycles. The van der Waals surface area contributed by atoms with Crippen molar-refractivity contribution in [2.24, 2.45) is 0 Å². The lowest BCUT2D eigenvalue weighted by Gasteiger charge is -2.09. The van der Waals surface area contributed by atoms with Gasteiger partial charge in [0, 0.05) is 11.6 Å². The molecule has 7 nitrogen and oxygen atoms in total. The molecule has 0 fully saturated rings. The Labute approximate surface area is 162 Å². The van der Waals surface area contributed by atoms with Gasteiger partial charge in [-0.05, 0) is 42.7 Å². The molecule has 0 bridgehead atoms. The Morgan fingerprint density at radius 1 is 1.18 bits per heavy atom. The van der Waals surface area contributed by atoms with Crippen LogP contribution in [0.25, 0.3) is 22.9 Å². The smallest absolute Gasteiger partial charge is 0.172 e. The first-order valence-corrected chi connectivity index (χ1v) is 9.03. The fourth-order valence-corrected chi connectivity index (χ4v) is 3.07. The van der Waals surface area contributed by atoms with Gasteiger partial charge in [0.2, 0.25) is 0 Å². The van der Waals surface area contributed by atoms with Crippen molar-refractivity contribution in [2.45, 2.75) is 26.2 Å². The van der Waals surface area contributed by atoms with Gasteiger partial charge in [0.15, 0.2) is 22.6 Å². The van der Waals surface area contributed by atoms with E-state index in [1.165, 1.54) is 31.2 Å². The summed E-state index contributed by atoms with van der Waals surface area (Å²) in [7, 11) is 3.05. The number of benzene rings is 2. The minimum Gasteiger partial charge on any atom is -0.508 e. The summed E-state index contributed by atoms with van der Waals surface area (Å²) >= 11 is 0. The highest BCUT2D eigenvalue weighted by atomic mass is 16.5. The molecule has 0 spiro atoms. The predicted molar refractivity (Wildman–Crippen MR) is 107 cm³/mol. The van der Waals surface area contributed by atoms with E-state index in [-0.39, 0.29) is 17.0 Å². The molecule has 148 valence electrons. The number of aromatic nitrogens is 1. The van der Waals surface area contributed by atoms with Crippen molar-refractivity contribution in [2.75, 3.05) is 14.2 Å². The Kier molecular flexibility index (Phi) is 5.63. The lowest BCUT2D eigenvalue weighted by Crippen LogP contribution is -2.09. The van der Waals surface area contributed by atoms with Gasteiger partial charge in [-0.2, -0.15) is 4.74 Å². The summed E-state index contributed by atoms with van der Waals surface area (Å²) in [5.74, 6) is 1.08. The number of methoxy groups -OCH3 is 2. The highest BCUT2D eigenvalue weighted by Crippen LogP contribution is 2.31. The number of phenols is 1. The number of aliphatic hydroxyl groups is 1. The molecule has 3 N–H and O–H groups in total. The number of rotatable bonds is 7. The Hall–Kier alpha value is -3.35. The van der Waals surface area contributed by atoms with Gasteiger partial charge in [0.05, 0.1) is 25.8 Å². The van der Waals surface area contributed by atoms with E-state index in [1.54, 1.807) is 24.3 Å². The minimum absolute atomic E-state index is 0.0532. The summed E-state index contributed by atoms with van der Waals surface area (Å²) < 4.78 is 17.4. The summed E-state index contributed by atoms with van der Waals surface area (Å²) in [4.78, 5) is 0. The fourth-order valence-electron chi connectivity index (χ4n) is 3.07. The van der Waals surface area contributed by atoms with Crippen LogP contribution in [0.1, 0.15) is 30.9 Å². The molecule has 0 aliphatic heterocycles. The Morgan fingerprint density at radius 2 is 1.89 bits per heavy atom. The Bertz CT molecular complexity index is 1080. The molecule has 0 radical (unpaired) electrons. The fraction of sp³-hybridized carbons (Fsp3) is 0.286. The lowest BCUT2D eigenvalue weighted by molar-refractivity contribution is 0.352. The third-order valence-electron chi connectivity index (χ3n) is 4.56. The molecule has 0 aliphatic carbocycles. The molecule has 0 amide bonds. The summed E-state index contributed by atoms with van der Waals surface area (Å²) in [5.41, 5.74) is 1.93. The van der Waals surface area contributed by atoms with Gasteiger partial charge < -0.3 is 24.2 Å². The zero-order valence-corrected chi connectivity index (χ0v) is 16.2. The number of hydrogen-bond donors (Lipinski definition) is 3.